The first-order valence-corrected chi connectivity index (χ1v) is 11.0. The summed E-state index contributed by atoms with van der Waals surface area (Å²) in [6.45, 7) is 1.94. The molecule has 160 valence electrons. The van der Waals surface area contributed by atoms with Crippen LogP contribution in [-0.4, -0.2) is 41.3 Å². The molecule has 4 aromatic heterocycles. The highest BCUT2D eigenvalue weighted by Crippen LogP contribution is 2.47. The quantitative estimate of drug-likeness (QED) is 0.406. The molecule has 2 atom stereocenters. The molecule has 4 N–H and O–H groups in total. The predicted octanol–water partition coefficient (Wildman–Crippen LogP) is 3.31. The standard InChI is InChI=1S/C23H26N6O2/c1-23(31)6-2-13(3-7-23)16-11-18(16)26-22-27-21(30)20-15(5-9-29(20)28-22)17-10-14-4-8-24-12-19(14)25-17/h4-5,8-10,12-13,16,18,25,31H,2-3,6-7,11H2,1H3,(H2,26,27,28,30). The molecule has 6 rings (SSSR count). The molecule has 8 nitrogen and oxygen atoms in total. The number of pyridine rings is 1. The minimum Gasteiger partial charge on any atom is -0.390 e. The second-order valence-electron chi connectivity index (χ2n) is 9.46. The molecule has 0 bridgehead atoms. The number of aromatic nitrogens is 5. The van der Waals surface area contributed by atoms with Crippen LogP contribution in [0.25, 0.3) is 27.7 Å². The van der Waals surface area contributed by atoms with Crippen LogP contribution in [0.2, 0.25) is 0 Å². The molecular weight excluding hydrogens is 392 g/mol. The van der Waals surface area contributed by atoms with Gasteiger partial charge in [-0.3, -0.25) is 14.8 Å². The summed E-state index contributed by atoms with van der Waals surface area (Å²) in [5.74, 6) is 1.75. The summed E-state index contributed by atoms with van der Waals surface area (Å²) in [5, 5.41) is 19.3. The number of fused-ring (bicyclic) bond motifs is 2. The highest BCUT2D eigenvalue weighted by Gasteiger charge is 2.45. The minimum atomic E-state index is -0.500. The average Bonchev–Trinajstić information content (AvgIpc) is 3.17. The molecule has 2 unspecified atom stereocenters. The zero-order valence-electron chi connectivity index (χ0n) is 17.4. The van der Waals surface area contributed by atoms with Gasteiger partial charge < -0.3 is 15.4 Å². The van der Waals surface area contributed by atoms with Gasteiger partial charge in [-0.15, -0.1) is 5.10 Å². The van der Waals surface area contributed by atoms with Gasteiger partial charge in [-0.25, -0.2) is 4.52 Å². The Morgan fingerprint density at radius 3 is 2.90 bits per heavy atom. The molecule has 0 aromatic carbocycles. The minimum absolute atomic E-state index is 0.166. The fourth-order valence-electron chi connectivity index (χ4n) is 5.20. The van der Waals surface area contributed by atoms with E-state index in [1.165, 1.54) is 0 Å². The van der Waals surface area contributed by atoms with Crippen LogP contribution in [0.5, 0.6) is 0 Å². The van der Waals surface area contributed by atoms with E-state index in [0.717, 1.165) is 54.3 Å². The Hall–Kier alpha value is -3.13. The first-order chi connectivity index (χ1) is 15.0. The van der Waals surface area contributed by atoms with Crippen LogP contribution in [0.4, 0.5) is 5.95 Å². The predicted molar refractivity (Wildman–Crippen MR) is 119 cm³/mol. The van der Waals surface area contributed by atoms with Gasteiger partial charge in [-0.1, -0.05) is 0 Å². The van der Waals surface area contributed by atoms with Crippen LogP contribution < -0.4 is 10.9 Å². The van der Waals surface area contributed by atoms with Gasteiger partial charge in [0, 0.05) is 35.1 Å². The molecule has 0 radical (unpaired) electrons. The second kappa shape index (κ2) is 6.68. The van der Waals surface area contributed by atoms with Crippen molar-refractivity contribution in [2.45, 2.75) is 50.7 Å². The zero-order chi connectivity index (χ0) is 21.2. The zero-order valence-corrected chi connectivity index (χ0v) is 17.4. The van der Waals surface area contributed by atoms with Gasteiger partial charge in [0.05, 0.1) is 17.3 Å². The maximum Gasteiger partial charge on any atom is 0.277 e. The lowest BCUT2D eigenvalue weighted by Gasteiger charge is -2.33. The third-order valence-electron chi connectivity index (χ3n) is 7.11. The Bertz CT molecular complexity index is 1290. The highest BCUT2D eigenvalue weighted by atomic mass is 16.3. The van der Waals surface area contributed by atoms with Gasteiger partial charge in [-0.05, 0) is 69.1 Å². The number of hydrogen-bond acceptors (Lipinski definition) is 5. The summed E-state index contributed by atoms with van der Waals surface area (Å²) in [5.41, 5.74) is 2.47. The van der Waals surface area contributed by atoms with Crippen molar-refractivity contribution in [1.29, 1.82) is 0 Å². The lowest BCUT2D eigenvalue weighted by Crippen LogP contribution is -2.31. The molecule has 31 heavy (non-hydrogen) atoms. The van der Waals surface area contributed by atoms with Crippen molar-refractivity contribution in [2.24, 2.45) is 11.8 Å². The molecule has 0 spiro atoms. The summed E-state index contributed by atoms with van der Waals surface area (Å²) in [6.07, 6.45) is 10.3. The topological polar surface area (TPSA) is 111 Å². The first kappa shape index (κ1) is 18.6. The number of aromatic amines is 2. The van der Waals surface area contributed by atoms with Crippen LogP contribution in [0.3, 0.4) is 0 Å². The Kier molecular flexibility index (Phi) is 4.02. The van der Waals surface area contributed by atoms with Gasteiger partial charge in [-0.2, -0.15) is 0 Å². The molecule has 0 aliphatic heterocycles. The normalized spacial score (nSPS) is 28.3. The van der Waals surface area contributed by atoms with Crippen molar-refractivity contribution in [3.63, 3.8) is 0 Å². The number of nitrogens with zero attached hydrogens (tertiary/aromatic N) is 3. The SMILES string of the molecule is CC1(O)CCC(C2CC2Nc2nn3ccc(-c4cc5ccncc5[nH]4)c3c(=O)[nH]2)CC1. The van der Waals surface area contributed by atoms with E-state index in [0.29, 0.717) is 29.3 Å². The van der Waals surface area contributed by atoms with E-state index in [2.05, 4.69) is 25.4 Å². The first-order valence-electron chi connectivity index (χ1n) is 11.0. The van der Waals surface area contributed by atoms with Crippen molar-refractivity contribution in [1.82, 2.24) is 24.6 Å². The smallest absolute Gasteiger partial charge is 0.277 e. The summed E-state index contributed by atoms with van der Waals surface area (Å²) in [7, 11) is 0. The third kappa shape index (κ3) is 3.31. The Morgan fingerprint density at radius 2 is 2.10 bits per heavy atom. The van der Waals surface area contributed by atoms with Gasteiger partial charge in [0.25, 0.3) is 5.56 Å². The van der Waals surface area contributed by atoms with Gasteiger partial charge in [0.15, 0.2) is 0 Å². The Labute approximate surface area is 178 Å². The van der Waals surface area contributed by atoms with Crippen molar-refractivity contribution >= 4 is 22.4 Å². The van der Waals surface area contributed by atoms with E-state index in [1.807, 2.05) is 31.3 Å². The number of anilines is 1. The Balaban J connectivity index is 1.23. The van der Waals surface area contributed by atoms with Crippen molar-refractivity contribution in [3.8, 4) is 11.3 Å². The highest BCUT2D eigenvalue weighted by molar-refractivity contribution is 5.89. The number of hydrogen-bond donors (Lipinski definition) is 4. The van der Waals surface area contributed by atoms with E-state index in [4.69, 9.17) is 0 Å². The van der Waals surface area contributed by atoms with Crippen LogP contribution >= 0.6 is 0 Å². The monoisotopic (exact) mass is 418 g/mol. The molecular formula is C23H26N6O2. The van der Waals surface area contributed by atoms with Gasteiger partial charge in [0.1, 0.15) is 5.52 Å². The molecule has 8 heteroatoms. The fraction of sp³-hybridized carbons (Fsp3) is 0.435. The molecule has 4 heterocycles. The number of rotatable bonds is 4. The van der Waals surface area contributed by atoms with E-state index >= 15 is 0 Å². The average molecular weight is 419 g/mol. The lowest BCUT2D eigenvalue weighted by atomic mass is 9.78. The molecule has 2 saturated carbocycles. The molecule has 4 aromatic rings. The summed E-state index contributed by atoms with van der Waals surface area (Å²) in [4.78, 5) is 23.3. The molecule has 0 amide bonds. The van der Waals surface area contributed by atoms with Crippen LogP contribution in [0.1, 0.15) is 39.0 Å². The summed E-state index contributed by atoms with van der Waals surface area (Å²) in [6, 6.07) is 6.21. The Morgan fingerprint density at radius 1 is 1.26 bits per heavy atom. The van der Waals surface area contributed by atoms with E-state index in [1.54, 1.807) is 16.9 Å². The lowest BCUT2D eigenvalue weighted by molar-refractivity contribution is 0.00490. The maximum atomic E-state index is 12.9. The summed E-state index contributed by atoms with van der Waals surface area (Å²) < 4.78 is 1.65. The van der Waals surface area contributed by atoms with Crippen LogP contribution in [-0.2, 0) is 0 Å². The molecule has 2 aliphatic carbocycles. The van der Waals surface area contributed by atoms with E-state index in [-0.39, 0.29) is 5.56 Å². The van der Waals surface area contributed by atoms with Crippen LogP contribution in [0.15, 0.2) is 41.6 Å². The third-order valence-corrected chi connectivity index (χ3v) is 7.11. The maximum absolute atomic E-state index is 12.9. The molecule has 0 saturated heterocycles. The molecule has 2 aliphatic rings. The molecule has 2 fully saturated rings. The number of aliphatic hydroxyl groups is 1. The van der Waals surface area contributed by atoms with Crippen molar-refractivity contribution in [3.05, 3.63) is 47.1 Å². The number of nitrogens with one attached hydrogen (secondary N) is 3. The summed E-state index contributed by atoms with van der Waals surface area (Å²) >= 11 is 0. The van der Waals surface area contributed by atoms with Crippen molar-refractivity contribution in [2.75, 3.05) is 5.32 Å². The van der Waals surface area contributed by atoms with E-state index < -0.39 is 5.60 Å². The second-order valence-corrected chi connectivity index (χ2v) is 9.46. The van der Waals surface area contributed by atoms with Gasteiger partial charge in [0.2, 0.25) is 5.95 Å². The fourth-order valence-corrected chi connectivity index (χ4v) is 5.20. The number of H-pyrrole nitrogens is 2. The van der Waals surface area contributed by atoms with Crippen molar-refractivity contribution < 1.29 is 5.11 Å². The van der Waals surface area contributed by atoms with Gasteiger partial charge >= 0.3 is 0 Å². The van der Waals surface area contributed by atoms with Crippen LogP contribution in [0, 0.1) is 11.8 Å². The largest absolute Gasteiger partial charge is 0.390 e. The van der Waals surface area contributed by atoms with E-state index in [9.17, 15) is 9.90 Å².